The summed E-state index contributed by atoms with van der Waals surface area (Å²) >= 11 is 3.04. The quantitative estimate of drug-likeness (QED) is 0.452. The van der Waals surface area contributed by atoms with Gasteiger partial charge in [-0.15, -0.1) is 0 Å². The number of hydrogen-bond acceptors (Lipinski definition) is 5. The van der Waals surface area contributed by atoms with E-state index in [4.69, 9.17) is 4.74 Å². The van der Waals surface area contributed by atoms with Gasteiger partial charge < -0.3 is 14.9 Å². The number of rotatable bonds is 6. The van der Waals surface area contributed by atoms with Crippen molar-refractivity contribution in [1.29, 1.82) is 0 Å². The van der Waals surface area contributed by atoms with Crippen molar-refractivity contribution in [3.8, 4) is 5.75 Å². The summed E-state index contributed by atoms with van der Waals surface area (Å²) in [6.07, 6.45) is 1.40. The van der Waals surface area contributed by atoms with Crippen LogP contribution < -0.4 is 4.74 Å². The van der Waals surface area contributed by atoms with E-state index >= 15 is 0 Å². The Bertz CT molecular complexity index is 684. The molecule has 2 rings (SSSR count). The molecule has 8 heteroatoms. The van der Waals surface area contributed by atoms with Crippen LogP contribution in [-0.2, 0) is 6.54 Å². The van der Waals surface area contributed by atoms with Gasteiger partial charge in [-0.05, 0) is 39.9 Å². The standard InChI is InChI=1S/C13H12BrN3O4/c1-2-21-12-6-4-3-5-9(12)11(18)8-16-7-10(14)13(15-16)17(19)20/h3-7H,2,8H2,1H3. The van der Waals surface area contributed by atoms with E-state index in [1.165, 1.54) is 10.9 Å². The van der Waals surface area contributed by atoms with Crippen molar-refractivity contribution in [2.24, 2.45) is 0 Å². The maximum atomic E-state index is 12.3. The summed E-state index contributed by atoms with van der Waals surface area (Å²) < 4.78 is 6.86. The zero-order valence-electron chi connectivity index (χ0n) is 11.2. The van der Waals surface area contributed by atoms with Gasteiger partial charge in [-0.2, -0.15) is 4.68 Å². The first-order chi connectivity index (χ1) is 10.0. The minimum Gasteiger partial charge on any atom is -0.493 e. The number of ketones is 1. The highest BCUT2D eigenvalue weighted by Crippen LogP contribution is 2.23. The van der Waals surface area contributed by atoms with Gasteiger partial charge in [-0.1, -0.05) is 12.1 Å². The van der Waals surface area contributed by atoms with Gasteiger partial charge in [-0.3, -0.25) is 4.79 Å². The van der Waals surface area contributed by atoms with E-state index in [0.717, 1.165) is 0 Å². The predicted molar refractivity (Wildman–Crippen MR) is 78.5 cm³/mol. The van der Waals surface area contributed by atoms with Crippen LogP contribution in [-0.4, -0.2) is 27.1 Å². The molecule has 2 aromatic rings. The Morgan fingerprint density at radius 1 is 1.48 bits per heavy atom. The van der Waals surface area contributed by atoms with Gasteiger partial charge in [0.2, 0.25) is 0 Å². The first-order valence-electron chi connectivity index (χ1n) is 6.15. The Labute approximate surface area is 128 Å². The van der Waals surface area contributed by atoms with Gasteiger partial charge in [0.1, 0.15) is 16.8 Å². The molecule has 0 unspecified atom stereocenters. The highest BCUT2D eigenvalue weighted by Gasteiger charge is 2.21. The van der Waals surface area contributed by atoms with E-state index in [-0.39, 0.29) is 22.6 Å². The molecule has 0 N–H and O–H groups in total. The topological polar surface area (TPSA) is 87.3 Å². The summed E-state index contributed by atoms with van der Waals surface area (Å²) in [5.41, 5.74) is 0.425. The number of Topliss-reactive ketones (excluding diaryl/α,β-unsaturated/α-hetero) is 1. The van der Waals surface area contributed by atoms with E-state index in [9.17, 15) is 14.9 Å². The van der Waals surface area contributed by atoms with Crippen molar-refractivity contribution in [2.75, 3.05) is 6.61 Å². The normalized spacial score (nSPS) is 10.4. The molecule has 1 heterocycles. The summed E-state index contributed by atoms with van der Waals surface area (Å²) in [6.45, 7) is 2.18. The molecule has 21 heavy (non-hydrogen) atoms. The minimum atomic E-state index is -0.612. The van der Waals surface area contributed by atoms with Gasteiger partial charge in [0.25, 0.3) is 0 Å². The van der Waals surface area contributed by atoms with Crippen molar-refractivity contribution >= 4 is 27.5 Å². The number of benzene rings is 1. The largest absolute Gasteiger partial charge is 0.493 e. The third-order valence-corrected chi connectivity index (χ3v) is 3.22. The molecule has 0 atom stereocenters. The molecule has 1 aromatic carbocycles. The van der Waals surface area contributed by atoms with Gasteiger partial charge in [0.05, 0.1) is 23.5 Å². The molecule has 0 aliphatic rings. The smallest absolute Gasteiger partial charge is 0.404 e. The summed E-state index contributed by atoms with van der Waals surface area (Å²) in [6, 6.07) is 6.87. The van der Waals surface area contributed by atoms with Crippen LogP contribution in [0, 0.1) is 10.1 Å². The number of para-hydroxylation sites is 1. The lowest BCUT2D eigenvalue weighted by Crippen LogP contribution is -2.12. The number of halogens is 1. The molecule has 0 aliphatic carbocycles. The van der Waals surface area contributed by atoms with Crippen LogP contribution in [0.5, 0.6) is 5.75 Å². The summed E-state index contributed by atoms with van der Waals surface area (Å²) in [7, 11) is 0. The minimum absolute atomic E-state index is 0.101. The van der Waals surface area contributed by atoms with Crippen LogP contribution in [0.2, 0.25) is 0 Å². The Kier molecular flexibility index (Phi) is 4.69. The molecule has 0 radical (unpaired) electrons. The fourth-order valence-electron chi connectivity index (χ4n) is 1.80. The molecule has 7 nitrogen and oxygen atoms in total. The van der Waals surface area contributed by atoms with Crippen LogP contribution in [0.3, 0.4) is 0 Å². The first-order valence-corrected chi connectivity index (χ1v) is 6.94. The number of hydrogen-bond donors (Lipinski definition) is 0. The van der Waals surface area contributed by atoms with Gasteiger partial charge in [-0.25, -0.2) is 0 Å². The van der Waals surface area contributed by atoms with E-state index in [0.29, 0.717) is 17.9 Å². The van der Waals surface area contributed by atoms with Gasteiger partial charge in [0, 0.05) is 0 Å². The number of carbonyl (C=O) groups is 1. The predicted octanol–water partition coefficient (Wildman–Crippen LogP) is 2.84. The number of nitrogens with zero attached hydrogens (tertiary/aromatic N) is 3. The Morgan fingerprint density at radius 3 is 2.81 bits per heavy atom. The Hall–Kier alpha value is -2.22. The van der Waals surface area contributed by atoms with Crippen LogP contribution >= 0.6 is 15.9 Å². The molecule has 110 valence electrons. The number of aromatic nitrogens is 2. The fourth-order valence-corrected chi connectivity index (χ4v) is 2.26. The van der Waals surface area contributed by atoms with Gasteiger partial charge >= 0.3 is 5.82 Å². The molecule has 1 aromatic heterocycles. The second kappa shape index (κ2) is 6.49. The van der Waals surface area contributed by atoms with E-state index in [1.54, 1.807) is 24.3 Å². The first kappa shape index (κ1) is 15.2. The Morgan fingerprint density at radius 2 is 2.19 bits per heavy atom. The lowest BCUT2D eigenvalue weighted by atomic mass is 10.1. The second-order valence-corrected chi connectivity index (χ2v) is 4.96. The van der Waals surface area contributed by atoms with Crippen molar-refractivity contribution in [2.45, 2.75) is 13.5 Å². The molecule has 0 bridgehead atoms. The van der Waals surface area contributed by atoms with Crippen LogP contribution in [0.1, 0.15) is 17.3 Å². The monoisotopic (exact) mass is 353 g/mol. The molecule has 0 spiro atoms. The maximum absolute atomic E-state index is 12.3. The SMILES string of the molecule is CCOc1ccccc1C(=O)Cn1cc(Br)c([N+](=O)[O-])n1. The van der Waals surface area contributed by atoms with Crippen molar-refractivity contribution in [3.05, 3.63) is 50.6 Å². The highest BCUT2D eigenvalue weighted by atomic mass is 79.9. The fraction of sp³-hybridized carbons (Fsp3) is 0.231. The lowest BCUT2D eigenvalue weighted by Gasteiger charge is -2.08. The number of carbonyl (C=O) groups excluding carboxylic acids is 1. The molecule has 0 amide bonds. The molecular weight excluding hydrogens is 342 g/mol. The van der Waals surface area contributed by atoms with Crippen LogP contribution in [0.15, 0.2) is 34.9 Å². The van der Waals surface area contributed by atoms with Gasteiger partial charge in [0.15, 0.2) is 5.78 Å². The molecule has 0 aliphatic heterocycles. The van der Waals surface area contributed by atoms with Crippen LogP contribution in [0.25, 0.3) is 0 Å². The van der Waals surface area contributed by atoms with E-state index in [1.807, 2.05) is 6.92 Å². The zero-order valence-corrected chi connectivity index (χ0v) is 12.7. The maximum Gasteiger partial charge on any atom is 0.404 e. The average molecular weight is 354 g/mol. The van der Waals surface area contributed by atoms with E-state index < -0.39 is 4.92 Å². The zero-order chi connectivity index (χ0) is 15.4. The second-order valence-electron chi connectivity index (χ2n) is 4.11. The van der Waals surface area contributed by atoms with Crippen LogP contribution in [0.4, 0.5) is 5.82 Å². The molecule has 0 saturated carbocycles. The van der Waals surface area contributed by atoms with E-state index in [2.05, 4.69) is 21.0 Å². The summed E-state index contributed by atoms with van der Waals surface area (Å²) in [4.78, 5) is 22.4. The third kappa shape index (κ3) is 3.46. The summed E-state index contributed by atoms with van der Waals surface area (Å²) in [5.74, 6) is -0.0597. The molecule has 0 fully saturated rings. The Balaban J connectivity index is 2.22. The number of ether oxygens (including phenoxy) is 1. The van der Waals surface area contributed by atoms with Crippen molar-refractivity contribution in [1.82, 2.24) is 9.78 Å². The lowest BCUT2D eigenvalue weighted by molar-refractivity contribution is -0.390. The van der Waals surface area contributed by atoms with Crippen molar-refractivity contribution in [3.63, 3.8) is 0 Å². The van der Waals surface area contributed by atoms with Crippen molar-refractivity contribution < 1.29 is 14.5 Å². The average Bonchev–Trinajstić information content (AvgIpc) is 2.80. The molecule has 0 saturated heterocycles. The number of nitro groups is 1. The molecular formula is C13H12BrN3O4. The third-order valence-electron chi connectivity index (χ3n) is 2.66. The summed E-state index contributed by atoms with van der Waals surface area (Å²) in [5, 5.41) is 14.5. The highest BCUT2D eigenvalue weighted by molar-refractivity contribution is 9.10.